The molecule has 1 N–H and O–H groups in total. The maximum absolute atomic E-state index is 6.06. The number of ether oxygens (including phenoxy) is 2. The Morgan fingerprint density at radius 1 is 1.31 bits per heavy atom. The van der Waals surface area contributed by atoms with Gasteiger partial charge in [-0.05, 0) is 6.92 Å². The Morgan fingerprint density at radius 3 is 2.62 bits per heavy atom. The van der Waals surface area contributed by atoms with Crippen LogP contribution in [0.3, 0.4) is 0 Å². The fourth-order valence-corrected chi connectivity index (χ4v) is 2.23. The minimum atomic E-state index is -0.0926. The Labute approximate surface area is 79.8 Å². The fraction of sp³-hybridized carbons (Fsp3) is 1.00. The van der Waals surface area contributed by atoms with Crippen molar-refractivity contribution in [1.29, 1.82) is 0 Å². The summed E-state index contributed by atoms with van der Waals surface area (Å²) in [4.78, 5) is 0. The first-order valence-corrected chi connectivity index (χ1v) is 5.02. The van der Waals surface area contributed by atoms with Gasteiger partial charge >= 0.3 is 0 Å². The summed E-state index contributed by atoms with van der Waals surface area (Å²) in [6, 6.07) is 0. The molecule has 0 aromatic carbocycles. The Morgan fingerprint density at radius 2 is 2.08 bits per heavy atom. The molecule has 2 saturated heterocycles. The molecule has 0 bridgehead atoms. The molecule has 0 saturated carbocycles. The fourth-order valence-electron chi connectivity index (χ4n) is 2.23. The molecule has 1 spiro atoms. The van der Waals surface area contributed by atoms with Gasteiger partial charge in [-0.15, -0.1) is 0 Å². The Hall–Kier alpha value is -0.120. The molecule has 2 rings (SSSR count). The maximum Gasteiger partial charge on any atom is 0.111 e. The molecule has 2 unspecified atom stereocenters. The van der Waals surface area contributed by atoms with Gasteiger partial charge in [0.1, 0.15) is 5.60 Å². The van der Waals surface area contributed by atoms with Crippen molar-refractivity contribution in [1.82, 2.24) is 5.32 Å². The van der Waals surface area contributed by atoms with Gasteiger partial charge < -0.3 is 14.8 Å². The smallest absolute Gasteiger partial charge is 0.111 e. The average Bonchev–Trinajstić information content (AvgIpc) is 2.27. The molecular formula is C10H19NO2. The molecule has 2 heterocycles. The lowest BCUT2D eigenvalue weighted by atomic mass is 9.76. The van der Waals surface area contributed by atoms with Gasteiger partial charge in [0.15, 0.2) is 0 Å². The van der Waals surface area contributed by atoms with E-state index in [0.29, 0.717) is 6.10 Å². The van der Waals surface area contributed by atoms with Crippen LogP contribution in [0.5, 0.6) is 0 Å². The van der Waals surface area contributed by atoms with Gasteiger partial charge in [0.25, 0.3) is 0 Å². The summed E-state index contributed by atoms with van der Waals surface area (Å²) >= 11 is 0. The van der Waals surface area contributed by atoms with Gasteiger partial charge in [-0.2, -0.15) is 0 Å². The molecule has 3 heteroatoms. The topological polar surface area (TPSA) is 30.5 Å². The predicted molar refractivity (Wildman–Crippen MR) is 50.7 cm³/mol. The maximum atomic E-state index is 6.06. The van der Waals surface area contributed by atoms with E-state index in [4.69, 9.17) is 9.47 Å². The third-order valence-corrected chi connectivity index (χ3v) is 3.30. The lowest BCUT2D eigenvalue weighted by Crippen LogP contribution is -2.60. The average molecular weight is 185 g/mol. The Kier molecular flexibility index (Phi) is 2.13. The summed E-state index contributed by atoms with van der Waals surface area (Å²) in [7, 11) is 0. The van der Waals surface area contributed by atoms with Crippen molar-refractivity contribution in [3.8, 4) is 0 Å². The number of hydrogen-bond donors (Lipinski definition) is 1. The summed E-state index contributed by atoms with van der Waals surface area (Å²) in [5.74, 6) is 0. The molecule has 2 fully saturated rings. The van der Waals surface area contributed by atoms with Crippen molar-refractivity contribution >= 4 is 0 Å². The molecule has 3 nitrogen and oxygen atoms in total. The largest absolute Gasteiger partial charge is 0.378 e. The second kappa shape index (κ2) is 2.94. The molecule has 0 amide bonds. The van der Waals surface area contributed by atoms with E-state index in [-0.39, 0.29) is 11.0 Å². The van der Waals surface area contributed by atoms with Gasteiger partial charge in [-0.1, -0.05) is 13.8 Å². The highest BCUT2D eigenvalue weighted by molar-refractivity contribution is 5.03. The van der Waals surface area contributed by atoms with Crippen LogP contribution in [0.1, 0.15) is 20.8 Å². The lowest BCUT2D eigenvalue weighted by Gasteiger charge is -2.44. The minimum absolute atomic E-state index is 0.0926. The number of rotatable bonds is 0. The molecule has 2 atom stereocenters. The summed E-state index contributed by atoms with van der Waals surface area (Å²) in [5.41, 5.74) is 0.0410. The van der Waals surface area contributed by atoms with E-state index in [2.05, 4.69) is 26.1 Å². The zero-order valence-electron chi connectivity index (χ0n) is 8.72. The molecule has 2 aliphatic rings. The first kappa shape index (κ1) is 9.44. The van der Waals surface area contributed by atoms with Crippen molar-refractivity contribution in [2.75, 3.05) is 26.3 Å². The van der Waals surface area contributed by atoms with Crippen molar-refractivity contribution in [2.45, 2.75) is 32.5 Å². The van der Waals surface area contributed by atoms with Crippen LogP contribution in [0.25, 0.3) is 0 Å². The van der Waals surface area contributed by atoms with Crippen LogP contribution >= 0.6 is 0 Å². The van der Waals surface area contributed by atoms with E-state index >= 15 is 0 Å². The molecule has 0 radical (unpaired) electrons. The number of nitrogens with one attached hydrogen (secondary N) is 1. The third-order valence-electron chi connectivity index (χ3n) is 3.30. The predicted octanol–water partition coefficient (Wildman–Crippen LogP) is 0.790. The summed E-state index contributed by atoms with van der Waals surface area (Å²) in [5, 5.41) is 3.42. The van der Waals surface area contributed by atoms with Gasteiger partial charge in [0, 0.05) is 18.5 Å². The lowest BCUT2D eigenvalue weighted by molar-refractivity contribution is -0.149. The molecule has 13 heavy (non-hydrogen) atoms. The minimum Gasteiger partial charge on any atom is -0.378 e. The first-order valence-electron chi connectivity index (χ1n) is 5.02. The second-order valence-corrected chi connectivity index (χ2v) is 4.93. The van der Waals surface area contributed by atoms with E-state index in [1.165, 1.54) is 0 Å². The standard InChI is InChI=1S/C10H19NO2/c1-8-4-11-5-10(13-8)7-12-6-9(10,2)3/h8,11H,4-7H2,1-3H3. The van der Waals surface area contributed by atoms with Crippen molar-refractivity contribution in [3.63, 3.8) is 0 Å². The van der Waals surface area contributed by atoms with Crippen LogP contribution < -0.4 is 5.32 Å². The summed E-state index contributed by atoms with van der Waals surface area (Å²) < 4.78 is 11.6. The molecular weight excluding hydrogens is 166 g/mol. The van der Waals surface area contributed by atoms with Crippen LogP contribution in [-0.2, 0) is 9.47 Å². The zero-order chi connectivity index (χ0) is 9.53. The van der Waals surface area contributed by atoms with Crippen LogP contribution in [0.15, 0.2) is 0 Å². The van der Waals surface area contributed by atoms with Crippen LogP contribution in [0, 0.1) is 5.41 Å². The van der Waals surface area contributed by atoms with E-state index in [1.807, 2.05) is 0 Å². The quantitative estimate of drug-likeness (QED) is 0.605. The van der Waals surface area contributed by atoms with E-state index in [9.17, 15) is 0 Å². The van der Waals surface area contributed by atoms with Gasteiger partial charge in [-0.25, -0.2) is 0 Å². The summed E-state index contributed by atoms with van der Waals surface area (Å²) in [6.07, 6.45) is 0.301. The van der Waals surface area contributed by atoms with Crippen molar-refractivity contribution < 1.29 is 9.47 Å². The third kappa shape index (κ3) is 1.39. The Bertz CT molecular complexity index is 205. The van der Waals surface area contributed by atoms with Gasteiger partial charge in [0.05, 0.1) is 19.3 Å². The van der Waals surface area contributed by atoms with Gasteiger partial charge in [-0.3, -0.25) is 0 Å². The highest BCUT2D eigenvalue weighted by Gasteiger charge is 2.53. The molecule has 0 aromatic rings. The molecule has 0 aromatic heterocycles. The number of hydrogen-bond acceptors (Lipinski definition) is 3. The normalized spacial score (nSPS) is 44.1. The van der Waals surface area contributed by atoms with Crippen LogP contribution in [0.4, 0.5) is 0 Å². The Balaban J connectivity index is 2.18. The van der Waals surface area contributed by atoms with Crippen molar-refractivity contribution in [2.24, 2.45) is 5.41 Å². The zero-order valence-corrected chi connectivity index (χ0v) is 8.72. The van der Waals surface area contributed by atoms with Crippen molar-refractivity contribution in [3.05, 3.63) is 0 Å². The first-order chi connectivity index (χ1) is 6.06. The summed E-state index contributed by atoms with van der Waals surface area (Å²) in [6.45, 7) is 9.97. The monoisotopic (exact) mass is 185 g/mol. The van der Waals surface area contributed by atoms with Gasteiger partial charge in [0.2, 0.25) is 0 Å². The highest BCUT2D eigenvalue weighted by Crippen LogP contribution is 2.41. The van der Waals surface area contributed by atoms with E-state index < -0.39 is 0 Å². The second-order valence-electron chi connectivity index (χ2n) is 4.93. The molecule has 0 aliphatic carbocycles. The van der Waals surface area contributed by atoms with Crippen LogP contribution in [-0.4, -0.2) is 38.0 Å². The number of morpholine rings is 1. The SMILES string of the molecule is CC1CNCC2(COCC2(C)C)O1. The molecule has 2 aliphatic heterocycles. The van der Waals surface area contributed by atoms with Crippen LogP contribution in [0.2, 0.25) is 0 Å². The molecule has 76 valence electrons. The highest BCUT2D eigenvalue weighted by atomic mass is 16.6. The van der Waals surface area contributed by atoms with E-state index in [0.717, 1.165) is 26.3 Å². The van der Waals surface area contributed by atoms with E-state index in [1.54, 1.807) is 0 Å².